The van der Waals surface area contributed by atoms with Gasteiger partial charge in [0.25, 0.3) is 0 Å². The maximum Gasteiger partial charge on any atom is 0.232 e. The van der Waals surface area contributed by atoms with Gasteiger partial charge in [0.05, 0.1) is 35.7 Å². The van der Waals surface area contributed by atoms with Crippen LogP contribution < -0.4 is 9.47 Å². The number of sulfone groups is 1. The second kappa shape index (κ2) is 6.82. The number of hydrogen-bond acceptors (Lipinski definition) is 7. The van der Waals surface area contributed by atoms with Gasteiger partial charge in [-0.3, -0.25) is 4.68 Å². The molecule has 3 aromatic rings. The van der Waals surface area contributed by atoms with E-state index in [1.165, 1.54) is 25.6 Å². The van der Waals surface area contributed by atoms with Crippen LogP contribution in [0, 0.1) is 0 Å². The van der Waals surface area contributed by atoms with Gasteiger partial charge >= 0.3 is 0 Å². The minimum atomic E-state index is -3.75. The highest BCUT2D eigenvalue weighted by atomic mass is 35.5. The predicted octanol–water partition coefficient (Wildman–Crippen LogP) is 2.37. The number of rotatable bonds is 4. The summed E-state index contributed by atoms with van der Waals surface area (Å²) in [6.07, 6.45) is 4.52. The van der Waals surface area contributed by atoms with Gasteiger partial charge in [0.15, 0.2) is 9.84 Å². The maximum atomic E-state index is 12.9. The number of methoxy groups -OCH3 is 1. The van der Waals surface area contributed by atoms with Crippen molar-refractivity contribution in [2.24, 2.45) is 0 Å². The molecule has 0 radical (unpaired) electrons. The van der Waals surface area contributed by atoms with Gasteiger partial charge in [-0.05, 0) is 23.8 Å². The van der Waals surface area contributed by atoms with Gasteiger partial charge in [-0.1, -0.05) is 11.6 Å². The van der Waals surface area contributed by atoms with Crippen LogP contribution in [-0.2, 0) is 22.1 Å². The molecule has 0 N–H and O–H groups in total. The Morgan fingerprint density at radius 2 is 2.15 bits per heavy atom. The molecule has 0 saturated carbocycles. The van der Waals surface area contributed by atoms with Crippen molar-refractivity contribution in [3.8, 4) is 23.0 Å². The molecule has 8 nitrogen and oxygen atoms in total. The topological polar surface area (TPSA) is 96.2 Å². The van der Waals surface area contributed by atoms with E-state index in [4.69, 9.17) is 21.1 Å². The average molecular weight is 407 g/mol. The first kappa shape index (κ1) is 17.7. The van der Waals surface area contributed by atoms with Gasteiger partial charge in [-0.25, -0.2) is 18.4 Å². The summed E-state index contributed by atoms with van der Waals surface area (Å²) in [7, 11) is -2.39. The number of fused-ring (bicyclic) bond motifs is 3. The summed E-state index contributed by atoms with van der Waals surface area (Å²) in [6, 6.07) is 4.93. The molecule has 0 aliphatic carbocycles. The molecule has 0 atom stereocenters. The monoisotopic (exact) mass is 406 g/mol. The molecular formula is C17H15ClN4O4S. The zero-order valence-electron chi connectivity index (χ0n) is 14.3. The molecule has 1 aliphatic rings. The van der Waals surface area contributed by atoms with E-state index in [0.29, 0.717) is 30.2 Å². The number of aromatic nitrogens is 4. The normalized spacial score (nSPS) is 13.3. The lowest BCUT2D eigenvalue weighted by atomic mass is 10.1. The van der Waals surface area contributed by atoms with Crippen molar-refractivity contribution in [2.75, 3.05) is 13.7 Å². The fourth-order valence-electron chi connectivity index (χ4n) is 2.92. The van der Waals surface area contributed by atoms with E-state index < -0.39 is 9.84 Å². The van der Waals surface area contributed by atoms with Crippen molar-refractivity contribution in [2.45, 2.75) is 17.2 Å². The molecule has 4 heterocycles. The quantitative estimate of drug-likeness (QED) is 0.656. The number of nitrogens with zero attached hydrogens (tertiary/aromatic N) is 4. The van der Waals surface area contributed by atoms with Crippen LogP contribution in [0.15, 0.2) is 41.7 Å². The molecule has 0 amide bonds. The van der Waals surface area contributed by atoms with Crippen LogP contribution in [0.2, 0.25) is 5.02 Å². The predicted molar refractivity (Wildman–Crippen MR) is 97.6 cm³/mol. The van der Waals surface area contributed by atoms with Gasteiger partial charge in [0.2, 0.25) is 11.8 Å². The number of pyridine rings is 2. The SMILES string of the molecule is COc1ncc(Cl)cc1S(=O)(=O)Cc1cnc2c(c1)-c1ccnn1CCO2. The zero-order chi connectivity index (χ0) is 19.0. The van der Waals surface area contributed by atoms with E-state index in [0.717, 1.165) is 5.69 Å². The van der Waals surface area contributed by atoms with Crippen molar-refractivity contribution in [3.05, 3.63) is 47.4 Å². The van der Waals surface area contributed by atoms with Gasteiger partial charge in [-0.2, -0.15) is 5.10 Å². The van der Waals surface area contributed by atoms with E-state index in [1.807, 2.05) is 6.07 Å². The Hall–Kier alpha value is -2.65. The van der Waals surface area contributed by atoms with Crippen molar-refractivity contribution in [3.63, 3.8) is 0 Å². The van der Waals surface area contributed by atoms with E-state index in [-0.39, 0.29) is 21.6 Å². The minimum Gasteiger partial charge on any atom is -0.480 e. The third-order valence-electron chi connectivity index (χ3n) is 4.11. The Labute approximate surface area is 160 Å². The summed E-state index contributed by atoms with van der Waals surface area (Å²) in [6.45, 7) is 1.04. The summed E-state index contributed by atoms with van der Waals surface area (Å²) in [4.78, 5) is 8.16. The Balaban J connectivity index is 1.74. The maximum absolute atomic E-state index is 12.9. The Bertz CT molecular complexity index is 1110. The molecule has 0 saturated heterocycles. The molecule has 10 heteroatoms. The second-order valence-corrected chi connectivity index (χ2v) is 8.30. The van der Waals surface area contributed by atoms with Crippen molar-refractivity contribution in [1.29, 1.82) is 0 Å². The number of halogens is 1. The largest absolute Gasteiger partial charge is 0.480 e. The van der Waals surface area contributed by atoms with Gasteiger partial charge in [-0.15, -0.1) is 0 Å². The molecule has 0 aromatic carbocycles. The minimum absolute atomic E-state index is 0.00327. The first-order chi connectivity index (χ1) is 13.0. The molecule has 3 aromatic heterocycles. The molecule has 0 bridgehead atoms. The van der Waals surface area contributed by atoms with E-state index in [2.05, 4.69) is 15.1 Å². The standard InChI is InChI=1S/C17H15ClN4O4S/c1-25-17-15(7-12(18)9-20-17)27(23,24)10-11-6-13-14-2-3-21-22(14)4-5-26-16(13)19-8-11/h2-3,6-9H,4-5,10H2,1H3. The van der Waals surface area contributed by atoms with Gasteiger partial charge in [0, 0.05) is 18.6 Å². The van der Waals surface area contributed by atoms with Crippen LogP contribution in [0.4, 0.5) is 0 Å². The molecule has 27 heavy (non-hydrogen) atoms. The highest BCUT2D eigenvalue weighted by molar-refractivity contribution is 7.90. The van der Waals surface area contributed by atoms with E-state index in [1.54, 1.807) is 16.9 Å². The van der Waals surface area contributed by atoms with Crippen molar-refractivity contribution in [1.82, 2.24) is 19.7 Å². The third kappa shape index (κ3) is 3.35. The molecule has 0 spiro atoms. The van der Waals surface area contributed by atoms with E-state index in [9.17, 15) is 8.42 Å². The van der Waals surface area contributed by atoms with Gasteiger partial charge < -0.3 is 9.47 Å². The molecule has 140 valence electrons. The summed E-state index contributed by atoms with van der Waals surface area (Å²) in [5.41, 5.74) is 2.04. The van der Waals surface area contributed by atoms with Crippen LogP contribution in [0.25, 0.3) is 11.3 Å². The zero-order valence-corrected chi connectivity index (χ0v) is 15.9. The number of ether oxygens (including phenoxy) is 2. The Kier molecular flexibility index (Phi) is 4.48. The van der Waals surface area contributed by atoms with Crippen LogP contribution in [-0.4, -0.2) is 41.9 Å². The first-order valence-corrected chi connectivity index (χ1v) is 10.1. The fourth-order valence-corrected chi connectivity index (χ4v) is 4.61. The lowest BCUT2D eigenvalue weighted by Crippen LogP contribution is -2.09. The molecule has 0 unspecified atom stereocenters. The molecule has 0 fully saturated rings. The van der Waals surface area contributed by atoms with E-state index >= 15 is 0 Å². The lowest BCUT2D eigenvalue weighted by molar-refractivity contribution is 0.290. The lowest BCUT2D eigenvalue weighted by Gasteiger charge is -2.11. The molecular weight excluding hydrogens is 392 g/mol. The van der Waals surface area contributed by atoms with Gasteiger partial charge in [0.1, 0.15) is 11.5 Å². The van der Waals surface area contributed by atoms with Crippen LogP contribution in [0.3, 0.4) is 0 Å². The van der Waals surface area contributed by atoms with Crippen LogP contribution in [0.5, 0.6) is 11.8 Å². The molecule has 1 aliphatic heterocycles. The van der Waals surface area contributed by atoms with Crippen molar-refractivity contribution < 1.29 is 17.9 Å². The highest BCUT2D eigenvalue weighted by Gasteiger charge is 2.24. The Morgan fingerprint density at radius 3 is 2.96 bits per heavy atom. The average Bonchev–Trinajstić information content (AvgIpc) is 3.04. The first-order valence-electron chi connectivity index (χ1n) is 8.04. The van der Waals surface area contributed by atoms with Crippen LogP contribution in [0.1, 0.15) is 5.56 Å². The third-order valence-corrected chi connectivity index (χ3v) is 5.99. The smallest absolute Gasteiger partial charge is 0.232 e. The summed E-state index contributed by atoms with van der Waals surface area (Å²) in [5.74, 6) is 0.181. The molecule has 4 rings (SSSR count). The van der Waals surface area contributed by atoms with Crippen molar-refractivity contribution >= 4 is 21.4 Å². The summed E-state index contributed by atoms with van der Waals surface area (Å²) < 4.78 is 38.3. The second-order valence-electron chi connectivity index (χ2n) is 5.90. The fraction of sp³-hybridized carbons (Fsp3) is 0.235. The Morgan fingerprint density at radius 1 is 1.30 bits per heavy atom. The number of hydrogen-bond donors (Lipinski definition) is 0. The summed E-state index contributed by atoms with van der Waals surface area (Å²) in [5, 5.41) is 4.47. The van der Waals surface area contributed by atoms with Crippen LogP contribution >= 0.6 is 11.6 Å². The summed E-state index contributed by atoms with van der Waals surface area (Å²) >= 11 is 5.92. The highest BCUT2D eigenvalue weighted by Crippen LogP contribution is 2.33.